The van der Waals surface area contributed by atoms with Crippen molar-refractivity contribution in [2.75, 3.05) is 7.11 Å². The highest BCUT2D eigenvalue weighted by Crippen LogP contribution is 2.29. The molecule has 1 aromatic heterocycles. The van der Waals surface area contributed by atoms with Gasteiger partial charge in [-0.3, -0.25) is 9.78 Å². The summed E-state index contributed by atoms with van der Waals surface area (Å²) in [6.45, 7) is 0. The average molecular weight is 236 g/mol. The van der Waals surface area contributed by atoms with E-state index in [0.717, 1.165) is 7.11 Å². The van der Waals surface area contributed by atoms with Crippen LogP contribution in [0.4, 0.5) is 13.2 Å². The lowest BCUT2D eigenvalue weighted by molar-refractivity contribution is -0.141. The van der Waals surface area contributed by atoms with Crippen LogP contribution in [0.25, 0.3) is 0 Å². The van der Waals surface area contributed by atoms with Gasteiger partial charge in [-0.1, -0.05) is 0 Å². The van der Waals surface area contributed by atoms with Crippen molar-refractivity contribution < 1.29 is 27.8 Å². The molecule has 0 atom stereocenters. The minimum absolute atomic E-state index is 0.150. The summed E-state index contributed by atoms with van der Waals surface area (Å²) >= 11 is 0. The van der Waals surface area contributed by atoms with Crippen LogP contribution in [0.5, 0.6) is 5.88 Å². The first kappa shape index (κ1) is 12.2. The molecule has 0 saturated heterocycles. The average Bonchev–Trinajstić information content (AvgIpc) is 2.15. The molecule has 1 heterocycles. The van der Waals surface area contributed by atoms with E-state index in [4.69, 9.17) is 5.11 Å². The lowest BCUT2D eigenvalue weighted by Crippen LogP contribution is -2.13. The Kier molecular flexibility index (Phi) is 3.31. The van der Waals surface area contributed by atoms with Gasteiger partial charge in [-0.05, 0) is 0 Å². The Labute approximate surface area is 87.9 Å². The van der Waals surface area contributed by atoms with Gasteiger partial charge in [0.05, 0.1) is 19.7 Å². The summed E-state index contributed by atoms with van der Waals surface area (Å²) in [5, 5.41) is 8.47. The predicted octanol–water partition coefficient (Wildman–Crippen LogP) is 1.13. The van der Waals surface area contributed by atoms with Crippen LogP contribution >= 0.6 is 0 Å². The molecule has 0 aliphatic carbocycles. The van der Waals surface area contributed by atoms with Crippen molar-refractivity contribution >= 4 is 5.97 Å². The lowest BCUT2D eigenvalue weighted by atomic mass is 10.3. The maximum Gasteiger partial charge on any atom is 0.435 e. The van der Waals surface area contributed by atoms with E-state index in [2.05, 4.69) is 14.7 Å². The molecule has 0 fully saturated rings. The van der Waals surface area contributed by atoms with Gasteiger partial charge in [0, 0.05) is 0 Å². The number of ether oxygens (including phenoxy) is 1. The molecule has 0 aromatic carbocycles. The van der Waals surface area contributed by atoms with Crippen molar-refractivity contribution in [3.63, 3.8) is 0 Å². The van der Waals surface area contributed by atoms with E-state index in [1.807, 2.05) is 0 Å². The van der Waals surface area contributed by atoms with Gasteiger partial charge in [0.25, 0.3) is 0 Å². The highest BCUT2D eigenvalue weighted by molar-refractivity contribution is 5.70. The maximum atomic E-state index is 12.2. The molecule has 1 rings (SSSR count). The first-order valence-electron chi connectivity index (χ1n) is 4.03. The zero-order chi connectivity index (χ0) is 12.3. The van der Waals surface area contributed by atoms with Crippen molar-refractivity contribution in [1.82, 2.24) is 9.97 Å². The van der Waals surface area contributed by atoms with Crippen LogP contribution in [-0.2, 0) is 17.4 Å². The fourth-order valence-electron chi connectivity index (χ4n) is 0.962. The summed E-state index contributed by atoms with van der Waals surface area (Å²) in [5.41, 5.74) is -1.37. The summed E-state index contributed by atoms with van der Waals surface area (Å²) in [6, 6.07) is 0. The van der Waals surface area contributed by atoms with Gasteiger partial charge < -0.3 is 9.84 Å². The number of alkyl halides is 3. The molecule has 5 nitrogen and oxygen atoms in total. The van der Waals surface area contributed by atoms with Crippen molar-refractivity contribution in [3.8, 4) is 5.88 Å². The molecule has 0 amide bonds. The molecule has 0 radical (unpaired) electrons. The van der Waals surface area contributed by atoms with Crippen LogP contribution in [0.1, 0.15) is 11.4 Å². The van der Waals surface area contributed by atoms with E-state index in [1.165, 1.54) is 0 Å². The van der Waals surface area contributed by atoms with E-state index < -0.39 is 30.1 Å². The van der Waals surface area contributed by atoms with Crippen molar-refractivity contribution in [3.05, 3.63) is 17.6 Å². The molecule has 0 saturated carbocycles. The molecule has 16 heavy (non-hydrogen) atoms. The third-order valence-electron chi connectivity index (χ3n) is 1.61. The fourth-order valence-corrected chi connectivity index (χ4v) is 0.962. The summed E-state index contributed by atoms with van der Waals surface area (Å²) in [6.07, 6.45) is -4.71. The number of aliphatic carboxylic acids is 1. The highest BCUT2D eigenvalue weighted by Gasteiger charge is 2.34. The molecule has 8 heteroatoms. The van der Waals surface area contributed by atoms with Gasteiger partial charge in [-0.15, -0.1) is 0 Å². The lowest BCUT2D eigenvalue weighted by Gasteiger charge is -2.09. The van der Waals surface area contributed by atoms with Gasteiger partial charge in [0.2, 0.25) is 5.88 Å². The molecule has 0 spiro atoms. The molecule has 88 valence electrons. The molecule has 1 N–H and O–H groups in total. The van der Waals surface area contributed by atoms with Crippen molar-refractivity contribution in [1.29, 1.82) is 0 Å². The Morgan fingerprint density at radius 1 is 1.56 bits per heavy atom. The van der Waals surface area contributed by atoms with Gasteiger partial charge in [0.1, 0.15) is 5.69 Å². The SMILES string of the molecule is COc1nc(C(F)(F)F)cnc1CC(=O)O. The number of carboxylic acid groups (broad SMARTS) is 1. The zero-order valence-electron chi connectivity index (χ0n) is 8.08. The highest BCUT2D eigenvalue weighted by atomic mass is 19.4. The van der Waals surface area contributed by atoms with Gasteiger partial charge in [-0.2, -0.15) is 13.2 Å². The molecule has 0 unspecified atom stereocenters. The Morgan fingerprint density at radius 2 is 2.19 bits per heavy atom. The summed E-state index contributed by atoms with van der Waals surface area (Å²) in [4.78, 5) is 16.9. The zero-order valence-corrected chi connectivity index (χ0v) is 8.08. The molecule has 0 aliphatic heterocycles. The number of carboxylic acids is 1. The number of carbonyl (C=O) groups is 1. The number of methoxy groups -OCH3 is 1. The number of rotatable bonds is 3. The first-order chi connectivity index (χ1) is 7.34. The summed E-state index contributed by atoms with van der Waals surface area (Å²) in [7, 11) is 1.09. The van der Waals surface area contributed by atoms with E-state index in [9.17, 15) is 18.0 Å². The Bertz CT molecular complexity index is 406. The van der Waals surface area contributed by atoms with Crippen molar-refractivity contribution in [2.24, 2.45) is 0 Å². The number of halogens is 3. The number of hydrogen-bond donors (Lipinski definition) is 1. The number of aromatic nitrogens is 2. The second-order valence-corrected chi connectivity index (χ2v) is 2.78. The third-order valence-corrected chi connectivity index (χ3v) is 1.61. The van der Waals surface area contributed by atoms with Gasteiger partial charge in [-0.25, -0.2) is 4.98 Å². The Balaban J connectivity index is 3.11. The van der Waals surface area contributed by atoms with E-state index in [-0.39, 0.29) is 5.69 Å². The van der Waals surface area contributed by atoms with Crippen LogP contribution in [0, 0.1) is 0 Å². The van der Waals surface area contributed by atoms with Gasteiger partial charge >= 0.3 is 12.1 Å². The van der Waals surface area contributed by atoms with E-state index in [1.54, 1.807) is 0 Å². The minimum atomic E-state index is -4.64. The number of nitrogens with zero attached hydrogens (tertiary/aromatic N) is 2. The van der Waals surface area contributed by atoms with Crippen LogP contribution in [0.2, 0.25) is 0 Å². The topological polar surface area (TPSA) is 72.3 Å². The molecular formula is C8H7F3N2O3. The van der Waals surface area contributed by atoms with Crippen LogP contribution < -0.4 is 4.74 Å². The van der Waals surface area contributed by atoms with E-state index in [0.29, 0.717) is 6.20 Å². The monoisotopic (exact) mass is 236 g/mol. The van der Waals surface area contributed by atoms with Gasteiger partial charge in [0.15, 0.2) is 5.69 Å². The number of hydrogen-bond acceptors (Lipinski definition) is 4. The molecule has 1 aromatic rings. The first-order valence-corrected chi connectivity index (χ1v) is 4.03. The second kappa shape index (κ2) is 4.33. The minimum Gasteiger partial charge on any atom is -0.481 e. The summed E-state index contributed by atoms with van der Waals surface area (Å²) in [5.74, 6) is -1.66. The fraction of sp³-hybridized carbons (Fsp3) is 0.375. The van der Waals surface area contributed by atoms with Crippen LogP contribution in [0.3, 0.4) is 0 Å². The van der Waals surface area contributed by atoms with Crippen molar-refractivity contribution in [2.45, 2.75) is 12.6 Å². The quantitative estimate of drug-likeness (QED) is 0.851. The third kappa shape index (κ3) is 2.81. The molecule has 0 aliphatic rings. The predicted molar refractivity (Wildman–Crippen MR) is 44.9 cm³/mol. The smallest absolute Gasteiger partial charge is 0.435 e. The second-order valence-electron chi connectivity index (χ2n) is 2.78. The van der Waals surface area contributed by atoms with Crippen LogP contribution in [0.15, 0.2) is 6.20 Å². The largest absolute Gasteiger partial charge is 0.481 e. The van der Waals surface area contributed by atoms with E-state index >= 15 is 0 Å². The Hall–Kier alpha value is -1.86. The Morgan fingerprint density at radius 3 is 2.62 bits per heavy atom. The standard InChI is InChI=1S/C8H7F3N2O3/c1-16-7-4(2-6(14)15)12-3-5(13-7)8(9,10)11/h3H,2H2,1H3,(H,14,15). The molecule has 0 bridgehead atoms. The summed E-state index contributed by atoms with van der Waals surface area (Å²) < 4.78 is 41.2. The molecular weight excluding hydrogens is 229 g/mol. The maximum absolute atomic E-state index is 12.2. The normalized spacial score (nSPS) is 11.2. The van der Waals surface area contributed by atoms with Crippen LogP contribution in [-0.4, -0.2) is 28.2 Å².